The molecule has 0 bridgehead atoms. The fourth-order valence-electron chi connectivity index (χ4n) is 4.04. The number of esters is 1. The van der Waals surface area contributed by atoms with Crippen LogP contribution < -0.4 is 4.74 Å². The van der Waals surface area contributed by atoms with Gasteiger partial charge in [0.2, 0.25) is 10.0 Å². The fraction of sp³-hybridized carbons (Fsp3) is 0.435. The number of rotatable bonds is 8. The zero-order valence-electron chi connectivity index (χ0n) is 17.5. The van der Waals surface area contributed by atoms with Gasteiger partial charge in [-0.25, -0.2) is 12.7 Å². The molecular weight excluding hydrogens is 402 g/mol. The molecule has 6 nitrogen and oxygen atoms in total. The number of ether oxygens (including phenoxy) is 2. The van der Waals surface area contributed by atoms with Gasteiger partial charge in [0.05, 0.1) is 24.9 Å². The van der Waals surface area contributed by atoms with E-state index in [0.29, 0.717) is 31.6 Å². The lowest BCUT2D eigenvalue weighted by Crippen LogP contribution is -2.51. The fourth-order valence-corrected chi connectivity index (χ4v) is 5.69. The van der Waals surface area contributed by atoms with E-state index < -0.39 is 15.4 Å². The number of nitrogens with zero attached hydrogens (tertiary/aromatic N) is 1. The van der Waals surface area contributed by atoms with Crippen molar-refractivity contribution in [2.75, 3.05) is 26.8 Å². The first-order valence-corrected chi connectivity index (χ1v) is 11.8. The van der Waals surface area contributed by atoms with Crippen LogP contribution in [0.2, 0.25) is 0 Å². The van der Waals surface area contributed by atoms with E-state index >= 15 is 0 Å². The van der Waals surface area contributed by atoms with Crippen molar-refractivity contribution < 1.29 is 22.7 Å². The molecule has 1 unspecified atom stereocenters. The molecule has 162 valence electrons. The molecule has 1 saturated heterocycles. The summed E-state index contributed by atoms with van der Waals surface area (Å²) in [6.45, 7) is 2.56. The van der Waals surface area contributed by atoms with Crippen LogP contribution in [0.5, 0.6) is 5.75 Å². The van der Waals surface area contributed by atoms with Crippen molar-refractivity contribution in [2.45, 2.75) is 31.9 Å². The number of hydrogen-bond donors (Lipinski definition) is 0. The number of methoxy groups -OCH3 is 1. The topological polar surface area (TPSA) is 72.9 Å². The van der Waals surface area contributed by atoms with E-state index in [9.17, 15) is 13.2 Å². The monoisotopic (exact) mass is 431 g/mol. The molecule has 1 fully saturated rings. The van der Waals surface area contributed by atoms with Crippen LogP contribution in [0.3, 0.4) is 0 Å². The molecule has 0 N–H and O–H groups in total. The van der Waals surface area contributed by atoms with Crippen LogP contribution in [-0.2, 0) is 31.7 Å². The average Bonchev–Trinajstić information content (AvgIpc) is 2.74. The molecule has 2 aromatic rings. The Kier molecular flexibility index (Phi) is 7.15. The van der Waals surface area contributed by atoms with E-state index in [4.69, 9.17) is 9.47 Å². The van der Waals surface area contributed by atoms with Crippen molar-refractivity contribution >= 4 is 16.0 Å². The van der Waals surface area contributed by atoms with E-state index in [2.05, 4.69) is 0 Å². The third-order valence-electron chi connectivity index (χ3n) is 5.51. The van der Waals surface area contributed by atoms with Crippen LogP contribution in [0.15, 0.2) is 54.6 Å². The standard InChI is InChI=1S/C23H29NO5S/c1-3-29-22(25)23(16-20-11-7-12-21(15-20)28-2)13-8-14-24(18-23)30(26,27)17-19-9-5-4-6-10-19/h4-7,9-12,15H,3,8,13-14,16-18H2,1-2H3. The molecule has 0 amide bonds. The van der Waals surface area contributed by atoms with Crippen molar-refractivity contribution in [1.29, 1.82) is 0 Å². The second-order valence-electron chi connectivity index (χ2n) is 7.71. The van der Waals surface area contributed by atoms with Crippen molar-refractivity contribution in [1.82, 2.24) is 4.31 Å². The highest BCUT2D eigenvalue weighted by Crippen LogP contribution is 2.37. The highest BCUT2D eigenvalue weighted by Gasteiger charge is 2.46. The Morgan fingerprint density at radius 1 is 1.10 bits per heavy atom. The highest BCUT2D eigenvalue weighted by molar-refractivity contribution is 7.88. The summed E-state index contributed by atoms with van der Waals surface area (Å²) >= 11 is 0. The van der Waals surface area contributed by atoms with Crippen molar-refractivity contribution in [3.05, 3.63) is 65.7 Å². The molecule has 30 heavy (non-hydrogen) atoms. The van der Waals surface area contributed by atoms with Gasteiger partial charge in [-0.05, 0) is 49.4 Å². The maximum atomic E-state index is 13.1. The number of sulfonamides is 1. The first kappa shape index (κ1) is 22.3. The van der Waals surface area contributed by atoms with Crippen LogP contribution in [0.1, 0.15) is 30.9 Å². The molecule has 0 aliphatic carbocycles. The van der Waals surface area contributed by atoms with Crippen molar-refractivity contribution in [3.8, 4) is 5.75 Å². The number of piperidine rings is 1. The van der Waals surface area contributed by atoms with Crippen molar-refractivity contribution in [3.63, 3.8) is 0 Å². The molecule has 1 aliphatic heterocycles. The third-order valence-corrected chi connectivity index (χ3v) is 7.31. The zero-order valence-corrected chi connectivity index (χ0v) is 18.4. The largest absolute Gasteiger partial charge is 0.497 e. The van der Waals surface area contributed by atoms with Crippen LogP contribution >= 0.6 is 0 Å². The Labute approximate surface area is 178 Å². The summed E-state index contributed by atoms with van der Waals surface area (Å²) in [5.41, 5.74) is 0.743. The van der Waals surface area contributed by atoms with Crippen LogP contribution in [0, 0.1) is 5.41 Å². The first-order valence-electron chi connectivity index (χ1n) is 10.2. The minimum absolute atomic E-state index is 0.0775. The summed E-state index contributed by atoms with van der Waals surface area (Å²) in [5, 5.41) is 0. The Hall–Kier alpha value is -2.38. The van der Waals surface area contributed by atoms with E-state index in [1.165, 1.54) is 4.31 Å². The molecule has 1 atom stereocenters. The van der Waals surface area contributed by atoms with E-state index in [1.807, 2.05) is 42.5 Å². The molecule has 0 aromatic heterocycles. The lowest BCUT2D eigenvalue weighted by Gasteiger charge is -2.40. The average molecular weight is 432 g/mol. The molecule has 0 saturated carbocycles. The van der Waals surface area contributed by atoms with Gasteiger partial charge in [0.15, 0.2) is 0 Å². The van der Waals surface area contributed by atoms with Gasteiger partial charge >= 0.3 is 5.97 Å². The molecule has 2 aromatic carbocycles. The number of benzene rings is 2. The van der Waals surface area contributed by atoms with E-state index in [0.717, 1.165) is 11.1 Å². The number of carbonyl (C=O) groups is 1. The second-order valence-corrected chi connectivity index (χ2v) is 9.68. The Morgan fingerprint density at radius 3 is 2.53 bits per heavy atom. The summed E-state index contributed by atoms with van der Waals surface area (Å²) < 4.78 is 38.4. The Bertz CT molecular complexity index is 961. The molecule has 7 heteroatoms. The molecule has 0 spiro atoms. The van der Waals surface area contributed by atoms with Gasteiger partial charge < -0.3 is 9.47 Å². The predicted molar refractivity (Wildman–Crippen MR) is 116 cm³/mol. The predicted octanol–water partition coefficient (Wildman–Crippen LogP) is 3.41. The van der Waals surface area contributed by atoms with Gasteiger partial charge in [-0.1, -0.05) is 42.5 Å². The molecule has 1 heterocycles. The van der Waals surface area contributed by atoms with Crippen LogP contribution in [0.25, 0.3) is 0 Å². The van der Waals surface area contributed by atoms with Gasteiger partial charge in [-0.3, -0.25) is 4.79 Å². The van der Waals surface area contributed by atoms with Gasteiger partial charge in [-0.2, -0.15) is 0 Å². The van der Waals surface area contributed by atoms with Crippen LogP contribution in [-0.4, -0.2) is 45.5 Å². The lowest BCUT2D eigenvalue weighted by molar-refractivity contribution is -0.157. The number of carbonyl (C=O) groups excluding carboxylic acids is 1. The smallest absolute Gasteiger partial charge is 0.313 e. The summed E-state index contributed by atoms with van der Waals surface area (Å²) in [6.07, 6.45) is 1.59. The minimum Gasteiger partial charge on any atom is -0.497 e. The summed E-state index contributed by atoms with van der Waals surface area (Å²) in [5.74, 6) is 0.287. The highest BCUT2D eigenvalue weighted by atomic mass is 32.2. The second kappa shape index (κ2) is 9.62. The maximum absolute atomic E-state index is 13.1. The van der Waals surface area contributed by atoms with E-state index in [1.54, 1.807) is 26.2 Å². The molecule has 0 radical (unpaired) electrons. The minimum atomic E-state index is -3.56. The Balaban J connectivity index is 1.88. The summed E-state index contributed by atoms with van der Waals surface area (Å²) in [7, 11) is -1.96. The van der Waals surface area contributed by atoms with Crippen LogP contribution in [0.4, 0.5) is 0 Å². The zero-order chi connectivity index (χ0) is 21.6. The van der Waals surface area contributed by atoms with Gasteiger partial charge in [0.25, 0.3) is 0 Å². The maximum Gasteiger partial charge on any atom is 0.313 e. The quantitative estimate of drug-likeness (QED) is 0.599. The molecular formula is C23H29NO5S. The van der Waals surface area contributed by atoms with Gasteiger partial charge in [0.1, 0.15) is 5.75 Å². The SMILES string of the molecule is CCOC(=O)C1(Cc2cccc(OC)c2)CCCN(S(=O)(=O)Cc2ccccc2)C1. The lowest BCUT2D eigenvalue weighted by atomic mass is 9.75. The first-order chi connectivity index (χ1) is 14.4. The molecule has 3 rings (SSSR count). The third kappa shape index (κ3) is 5.21. The van der Waals surface area contributed by atoms with Crippen molar-refractivity contribution in [2.24, 2.45) is 5.41 Å². The summed E-state index contributed by atoms with van der Waals surface area (Å²) in [6, 6.07) is 16.7. The number of hydrogen-bond acceptors (Lipinski definition) is 5. The van der Waals surface area contributed by atoms with E-state index in [-0.39, 0.29) is 24.9 Å². The summed E-state index contributed by atoms with van der Waals surface area (Å²) in [4.78, 5) is 13.0. The molecule has 1 aliphatic rings. The Morgan fingerprint density at radius 2 is 1.83 bits per heavy atom. The van der Waals surface area contributed by atoms with Gasteiger partial charge in [-0.15, -0.1) is 0 Å². The normalized spacial score (nSPS) is 19.9. The van der Waals surface area contributed by atoms with Gasteiger partial charge in [0, 0.05) is 13.1 Å².